The molecule has 0 heteroatoms. The monoisotopic (exact) mass is 308 g/mol. The van der Waals surface area contributed by atoms with Gasteiger partial charge in [-0.15, -0.1) is 0 Å². The Morgan fingerprint density at radius 1 is 1.00 bits per heavy atom. The molecule has 0 nitrogen and oxygen atoms in total. The fourth-order valence-corrected chi connectivity index (χ4v) is 4.79. The number of unbranched alkanes of at least 4 members (excludes halogenated alkanes) is 2. The summed E-state index contributed by atoms with van der Waals surface area (Å²) >= 11 is 0. The van der Waals surface area contributed by atoms with Crippen molar-refractivity contribution in [2.24, 2.45) is 29.1 Å². The van der Waals surface area contributed by atoms with E-state index in [2.05, 4.69) is 41.5 Å². The van der Waals surface area contributed by atoms with Crippen LogP contribution in [0.15, 0.2) is 0 Å². The summed E-state index contributed by atoms with van der Waals surface area (Å²) in [5.41, 5.74) is 0.577. The van der Waals surface area contributed by atoms with E-state index in [1.807, 2.05) is 0 Å². The zero-order valence-corrected chi connectivity index (χ0v) is 16.6. The van der Waals surface area contributed by atoms with E-state index >= 15 is 0 Å². The van der Waals surface area contributed by atoms with Gasteiger partial charge in [-0.2, -0.15) is 0 Å². The Kier molecular flexibility index (Phi) is 9.10. The highest BCUT2D eigenvalue weighted by Gasteiger charge is 2.33. The fourth-order valence-electron chi connectivity index (χ4n) is 4.79. The van der Waals surface area contributed by atoms with E-state index in [0.717, 1.165) is 23.7 Å². The third kappa shape index (κ3) is 6.63. The van der Waals surface area contributed by atoms with Gasteiger partial charge in [0.25, 0.3) is 0 Å². The van der Waals surface area contributed by atoms with Gasteiger partial charge in [0.1, 0.15) is 0 Å². The summed E-state index contributed by atoms with van der Waals surface area (Å²) in [7, 11) is 0. The van der Waals surface area contributed by atoms with Crippen molar-refractivity contribution >= 4 is 0 Å². The van der Waals surface area contributed by atoms with E-state index in [9.17, 15) is 0 Å². The van der Waals surface area contributed by atoms with Gasteiger partial charge in [0.15, 0.2) is 0 Å². The third-order valence-corrected chi connectivity index (χ3v) is 6.84. The van der Waals surface area contributed by atoms with Crippen LogP contribution in [0.5, 0.6) is 0 Å². The van der Waals surface area contributed by atoms with Gasteiger partial charge < -0.3 is 0 Å². The highest BCUT2D eigenvalue weighted by atomic mass is 14.4. The van der Waals surface area contributed by atoms with Crippen LogP contribution >= 0.6 is 0 Å². The van der Waals surface area contributed by atoms with Crippen LogP contribution in [-0.4, -0.2) is 0 Å². The Balaban J connectivity index is 2.70. The van der Waals surface area contributed by atoms with Crippen LogP contribution < -0.4 is 0 Å². The maximum atomic E-state index is 2.60. The predicted molar refractivity (Wildman–Crippen MR) is 101 cm³/mol. The van der Waals surface area contributed by atoms with Gasteiger partial charge in [0, 0.05) is 0 Å². The molecule has 0 spiro atoms. The first-order valence-electron chi connectivity index (χ1n) is 10.4. The minimum absolute atomic E-state index is 0.577. The molecule has 0 bridgehead atoms. The highest BCUT2D eigenvalue weighted by Crippen LogP contribution is 2.44. The Morgan fingerprint density at radius 2 is 1.73 bits per heavy atom. The molecule has 0 aliphatic heterocycles. The summed E-state index contributed by atoms with van der Waals surface area (Å²) in [5, 5.41) is 0. The molecule has 1 aliphatic carbocycles. The quantitative estimate of drug-likeness (QED) is 0.438. The van der Waals surface area contributed by atoms with Crippen molar-refractivity contribution in [3.8, 4) is 0 Å². The molecular formula is C22H44. The van der Waals surface area contributed by atoms with E-state index in [0.29, 0.717) is 5.41 Å². The van der Waals surface area contributed by atoms with Crippen LogP contribution in [0.2, 0.25) is 0 Å². The summed E-state index contributed by atoms with van der Waals surface area (Å²) in [6.07, 6.45) is 15.9. The molecule has 1 fully saturated rings. The molecule has 1 rings (SSSR count). The van der Waals surface area contributed by atoms with E-state index in [1.54, 1.807) is 0 Å². The largest absolute Gasteiger partial charge is 0.0654 e. The Labute approximate surface area is 141 Å². The van der Waals surface area contributed by atoms with Crippen molar-refractivity contribution in [1.29, 1.82) is 0 Å². The van der Waals surface area contributed by atoms with Crippen molar-refractivity contribution in [3.63, 3.8) is 0 Å². The fraction of sp³-hybridized carbons (Fsp3) is 1.00. The third-order valence-electron chi connectivity index (χ3n) is 6.84. The Morgan fingerprint density at radius 3 is 2.36 bits per heavy atom. The Bertz CT molecular complexity index is 282. The van der Waals surface area contributed by atoms with E-state index in [4.69, 9.17) is 0 Å². The summed E-state index contributed by atoms with van der Waals surface area (Å²) in [6, 6.07) is 0. The van der Waals surface area contributed by atoms with Crippen molar-refractivity contribution in [2.45, 2.75) is 112 Å². The van der Waals surface area contributed by atoms with Crippen LogP contribution in [0.25, 0.3) is 0 Å². The molecule has 0 aromatic carbocycles. The van der Waals surface area contributed by atoms with Gasteiger partial charge >= 0.3 is 0 Å². The molecule has 0 aromatic heterocycles. The number of hydrogen-bond donors (Lipinski definition) is 0. The molecule has 1 aliphatic rings. The molecule has 0 amide bonds. The SMILES string of the molecule is CCCCCC1CCC(C)CCC(C)(C(C)CC)CC(C)C1. The second-order valence-corrected chi connectivity index (χ2v) is 9.09. The minimum atomic E-state index is 0.577. The van der Waals surface area contributed by atoms with Gasteiger partial charge in [-0.1, -0.05) is 92.9 Å². The topological polar surface area (TPSA) is 0 Å². The summed E-state index contributed by atoms with van der Waals surface area (Å²) < 4.78 is 0. The summed E-state index contributed by atoms with van der Waals surface area (Å²) in [6.45, 7) is 14.9. The van der Waals surface area contributed by atoms with Crippen molar-refractivity contribution in [3.05, 3.63) is 0 Å². The van der Waals surface area contributed by atoms with E-state index in [-0.39, 0.29) is 0 Å². The van der Waals surface area contributed by atoms with Crippen molar-refractivity contribution in [2.75, 3.05) is 0 Å². The van der Waals surface area contributed by atoms with Crippen LogP contribution in [0, 0.1) is 29.1 Å². The number of rotatable bonds is 6. The molecule has 1 saturated carbocycles. The first-order valence-corrected chi connectivity index (χ1v) is 10.4. The first-order chi connectivity index (χ1) is 10.4. The normalized spacial score (nSPS) is 36.0. The molecule has 22 heavy (non-hydrogen) atoms. The molecule has 0 radical (unpaired) electrons. The first kappa shape index (κ1) is 20.0. The van der Waals surface area contributed by atoms with Gasteiger partial charge in [0.2, 0.25) is 0 Å². The Hall–Kier alpha value is 0. The average Bonchev–Trinajstić information content (AvgIpc) is 2.49. The standard InChI is InChI=1S/C22H44/c1-7-9-10-11-21-13-12-18(3)14-15-22(6,20(5)8-2)17-19(4)16-21/h18-21H,7-17H2,1-6H3. The summed E-state index contributed by atoms with van der Waals surface area (Å²) in [4.78, 5) is 0. The molecule has 0 heterocycles. The lowest BCUT2D eigenvalue weighted by Crippen LogP contribution is -2.29. The average molecular weight is 309 g/mol. The lowest BCUT2D eigenvalue weighted by molar-refractivity contribution is 0.106. The number of hydrogen-bond acceptors (Lipinski definition) is 0. The van der Waals surface area contributed by atoms with Gasteiger partial charge in [-0.05, 0) is 48.3 Å². The smallest absolute Gasteiger partial charge is 0.0298 e. The molecular weight excluding hydrogens is 264 g/mol. The second-order valence-electron chi connectivity index (χ2n) is 9.09. The predicted octanol–water partition coefficient (Wildman–Crippen LogP) is 7.86. The summed E-state index contributed by atoms with van der Waals surface area (Å²) in [5.74, 6) is 3.73. The molecule has 0 N–H and O–H groups in total. The van der Waals surface area contributed by atoms with Crippen molar-refractivity contribution in [1.82, 2.24) is 0 Å². The van der Waals surface area contributed by atoms with Gasteiger partial charge in [0.05, 0.1) is 0 Å². The van der Waals surface area contributed by atoms with E-state index < -0.39 is 0 Å². The lowest BCUT2D eigenvalue weighted by Gasteiger charge is -2.40. The minimum Gasteiger partial charge on any atom is -0.0654 e. The maximum absolute atomic E-state index is 2.60. The molecule has 0 saturated heterocycles. The molecule has 132 valence electrons. The van der Waals surface area contributed by atoms with Gasteiger partial charge in [-0.25, -0.2) is 0 Å². The molecule has 5 atom stereocenters. The van der Waals surface area contributed by atoms with Gasteiger partial charge in [-0.3, -0.25) is 0 Å². The van der Waals surface area contributed by atoms with Crippen LogP contribution in [0.1, 0.15) is 112 Å². The lowest BCUT2D eigenvalue weighted by atomic mass is 9.65. The van der Waals surface area contributed by atoms with E-state index in [1.165, 1.54) is 70.6 Å². The maximum Gasteiger partial charge on any atom is -0.0298 e. The zero-order valence-electron chi connectivity index (χ0n) is 16.6. The highest BCUT2D eigenvalue weighted by molar-refractivity contribution is 4.84. The van der Waals surface area contributed by atoms with Crippen LogP contribution in [0.4, 0.5) is 0 Å². The van der Waals surface area contributed by atoms with Crippen LogP contribution in [-0.2, 0) is 0 Å². The molecule has 5 unspecified atom stereocenters. The van der Waals surface area contributed by atoms with Crippen LogP contribution in [0.3, 0.4) is 0 Å². The zero-order chi connectivity index (χ0) is 16.6. The molecule has 0 aromatic rings. The van der Waals surface area contributed by atoms with Crippen molar-refractivity contribution < 1.29 is 0 Å². The second kappa shape index (κ2) is 9.99.